The van der Waals surface area contributed by atoms with E-state index >= 15 is 0 Å². The minimum Gasteiger partial charge on any atom is -0.488 e. The van der Waals surface area contributed by atoms with Crippen molar-refractivity contribution >= 4 is 29.0 Å². The molecule has 0 fully saturated rings. The molecule has 144 valence electrons. The highest BCUT2D eigenvalue weighted by Crippen LogP contribution is 2.37. The number of halogens is 3. The summed E-state index contributed by atoms with van der Waals surface area (Å²) < 4.78 is 19.8. The molecule has 0 spiro atoms. The number of hydrogen-bond acceptors (Lipinski definition) is 5. The van der Waals surface area contributed by atoms with E-state index in [1.165, 1.54) is 36.4 Å². The number of hydrogen-bond donors (Lipinski definition) is 2. The lowest BCUT2D eigenvalue weighted by Gasteiger charge is -2.15. The summed E-state index contributed by atoms with van der Waals surface area (Å²) in [5, 5.41) is 19.4. The van der Waals surface area contributed by atoms with E-state index in [-0.39, 0.29) is 56.0 Å². The molecule has 9 heteroatoms. The Bertz CT molecular complexity index is 1240. The first kappa shape index (κ1) is 20.2. The number of nitrogens with two attached hydrogens (primary N) is 1. The van der Waals surface area contributed by atoms with Crippen LogP contribution >= 0.6 is 23.2 Å². The number of pyridine rings is 1. The van der Waals surface area contributed by atoms with Gasteiger partial charge in [0.1, 0.15) is 47.3 Å². The zero-order valence-electron chi connectivity index (χ0n) is 14.6. The fraction of sp³-hybridized carbons (Fsp3) is 0.0500. The van der Waals surface area contributed by atoms with E-state index in [4.69, 9.17) is 33.7 Å². The van der Waals surface area contributed by atoms with Crippen molar-refractivity contribution in [3.8, 4) is 29.0 Å². The first-order valence-corrected chi connectivity index (χ1v) is 8.84. The van der Waals surface area contributed by atoms with Gasteiger partial charge in [-0.2, -0.15) is 10.5 Å². The summed E-state index contributed by atoms with van der Waals surface area (Å²) in [5.41, 5.74) is 4.85. The first-order valence-electron chi connectivity index (χ1n) is 8.09. The molecular formula is C20H11Cl2FN4O2. The topological polar surface area (TPSA) is 116 Å². The summed E-state index contributed by atoms with van der Waals surface area (Å²) in [4.78, 5) is 14.5. The van der Waals surface area contributed by atoms with Crippen LogP contribution in [-0.4, -0.2) is 4.98 Å². The molecule has 0 bridgehead atoms. The summed E-state index contributed by atoms with van der Waals surface area (Å²) in [6, 6.07) is 12.3. The van der Waals surface area contributed by atoms with Gasteiger partial charge >= 0.3 is 0 Å². The van der Waals surface area contributed by atoms with E-state index in [1.807, 2.05) is 6.07 Å². The molecule has 0 saturated carbocycles. The zero-order chi connectivity index (χ0) is 21.1. The molecule has 2 aromatic carbocycles. The van der Waals surface area contributed by atoms with Crippen LogP contribution in [0.15, 0.2) is 41.2 Å². The van der Waals surface area contributed by atoms with E-state index < -0.39 is 11.4 Å². The Morgan fingerprint density at radius 2 is 1.86 bits per heavy atom. The Balaban J connectivity index is 2.19. The fourth-order valence-corrected chi connectivity index (χ4v) is 3.15. The summed E-state index contributed by atoms with van der Waals surface area (Å²) in [6.45, 7) is -0.234. The lowest BCUT2D eigenvalue weighted by Crippen LogP contribution is -2.16. The fourth-order valence-electron chi connectivity index (χ4n) is 2.76. The molecular weight excluding hydrogens is 418 g/mol. The minimum atomic E-state index is -0.762. The number of ether oxygens (including phenoxy) is 1. The Kier molecular flexibility index (Phi) is 5.74. The van der Waals surface area contributed by atoms with Gasteiger partial charge in [-0.05, 0) is 30.3 Å². The number of aromatic amines is 1. The number of nitriles is 2. The third-order valence-electron chi connectivity index (χ3n) is 4.11. The standard InChI is InChI=1S/C20H11Cl2FN4O2/c21-10-4-5-17(29-9-14-15(22)2-1-3-16(14)23)11(6-10)18-12(7-24)19(26)27-20(28)13(18)8-25/h1-6H,9H2,(H3,26,27,28). The van der Waals surface area contributed by atoms with Crippen LogP contribution in [0.1, 0.15) is 16.7 Å². The molecule has 1 heterocycles. The molecule has 0 unspecified atom stereocenters. The summed E-state index contributed by atoms with van der Waals surface area (Å²) in [5.74, 6) is -0.592. The van der Waals surface area contributed by atoms with Crippen molar-refractivity contribution in [3.05, 3.63) is 79.3 Å². The van der Waals surface area contributed by atoms with E-state index in [1.54, 1.807) is 6.07 Å². The van der Waals surface area contributed by atoms with E-state index in [0.717, 1.165) is 0 Å². The molecule has 0 aliphatic carbocycles. The van der Waals surface area contributed by atoms with Crippen molar-refractivity contribution in [2.24, 2.45) is 0 Å². The second-order valence-electron chi connectivity index (χ2n) is 5.85. The van der Waals surface area contributed by atoms with Crippen LogP contribution in [0.4, 0.5) is 10.2 Å². The summed E-state index contributed by atoms with van der Waals surface area (Å²) in [7, 11) is 0. The number of nitrogens with one attached hydrogen (secondary N) is 1. The Hall–Kier alpha value is -3.52. The third-order valence-corrected chi connectivity index (χ3v) is 4.70. The van der Waals surface area contributed by atoms with Gasteiger partial charge in [0.05, 0.1) is 5.02 Å². The lowest BCUT2D eigenvalue weighted by atomic mass is 9.96. The lowest BCUT2D eigenvalue weighted by molar-refractivity contribution is 0.301. The monoisotopic (exact) mass is 428 g/mol. The van der Waals surface area contributed by atoms with Crippen LogP contribution in [0.25, 0.3) is 11.1 Å². The Morgan fingerprint density at radius 3 is 2.52 bits per heavy atom. The predicted octanol–water partition coefficient (Wildman–Crippen LogP) is 4.39. The molecule has 6 nitrogen and oxygen atoms in total. The molecule has 0 aliphatic rings. The van der Waals surface area contributed by atoms with Crippen LogP contribution in [0.2, 0.25) is 10.0 Å². The van der Waals surface area contributed by atoms with Crippen molar-refractivity contribution < 1.29 is 9.13 Å². The molecule has 0 amide bonds. The van der Waals surface area contributed by atoms with Gasteiger partial charge < -0.3 is 15.5 Å². The van der Waals surface area contributed by atoms with Gasteiger partial charge in [0.2, 0.25) is 0 Å². The number of nitrogen functional groups attached to an aromatic ring is 1. The second-order valence-corrected chi connectivity index (χ2v) is 6.69. The van der Waals surface area contributed by atoms with Gasteiger partial charge in [-0.1, -0.05) is 29.3 Å². The highest BCUT2D eigenvalue weighted by atomic mass is 35.5. The average molecular weight is 429 g/mol. The molecule has 0 radical (unpaired) electrons. The van der Waals surface area contributed by atoms with Crippen molar-refractivity contribution in [3.63, 3.8) is 0 Å². The number of benzene rings is 2. The molecule has 3 rings (SSSR count). The molecule has 3 aromatic rings. The van der Waals surface area contributed by atoms with Gasteiger partial charge in [-0.25, -0.2) is 4.39 Å². The van der Waals surface area contributed by atoms with Gasteiger partial charge in [-0.15, -0.1) is 0 Å². The second kappa shape index (κ2) is 8.24. The van der Waals surface area contributed by atoms with Crippen LogP contribution in [0.5, 0.6) is 5.75 Å². The molecule has 0 aliphatic heterocycles. The molecule has 1 aromatic heterocycles. The maximum absolute atomic E-state index is 14.1. The zero-order valence-corrected chi connectivity index (χ0v) is 16.1. The summed E-state index contributed by atoms with van der Waals surface area (Å²) in [6.07, 6.45) is 0. The van der Waals surface area contributed by atoms with Crippen molar-refractivity contribution in [1.82, 2.24) is 4.98 Å². The van der Waals surface area contributed by atoms with E-state index in [9.17, 15) is 19.7 Å². The molecule has 0 atom stereocenters. The SMILES string of the molecule is N#Cc1c(N)[nH]c(=O)c(C#N)c1-c1cc(Cl)ccc1OCc1c(F)cccc1Cl. The smallest absolute Gasteiger partial charge is 0.268 e. The summed E-state index contributed by atoms with van der Waals surface area (Å²) >= 11 is 12.1. The maximum atomic E-state index is 14.1. The van der Waals surface area contributed by atoms with Gasteiger partial charge in [0.15, 0.2) is 0 Å². The number of rotatable bonds is 4. The van der Waals surface area contributed by atoms with Crippen LogP contribution in [0, 0.1) is 28.5 Å². The first-order chi connectivity index (χ1) is 13.9. The molecule has 29 heavy (non-hydrogen) atoms. The van der Waals surface area contributed by atoms with Crippen molar-refractivity contribution in [2.45, 2.75) is 6.61 Å². The minimum absolute atomic E-state index is 0.0200. The number of H-pyrrole nitrogens is 1. The quantitative estimate of drug-likeness (QED) is 0.638. The van der Waals surface area contributed by atoms with Crippen LogP contribution in [0.3, 0.4) is 0 Å². The largest absolute Gasteiger partial charge is 0.488 e. The predicted molar refractivity (Wildman–Crippen MR) is 107 cm³/mol. The van der Waals surface area contributed by atoms with Gasteiger partial charge in [0.25, 0.3) is 5.56 Å². The normalized spacial score (nSPS) is 10.2. The van der Waals surface area contributed by atoms with Gasteiger partial charge in [0, 0.05) is 21.7 Å². The highest BCUT2D eigenvalue weighted by Gasteiger charge is 2.22. The highest BCUT2D eigenvalue weighted by molar-refractivity contribution is 6.31. The van der Waals surface area contributed by atoms with Crippen LogP contribution < -0.4 is 16.0 Å². The maximum Gasteiger partial charge on any atom is 0.268 e. The molecule has 3 N–H and O–H groups in total. The number of nitrogens with zero attached hydrogens (tertiary/aromatic N) is 2. The average Bonchev–Trinajstić information content (AvgIpc) is 2.68. The number of anilines is 1. The third kappa shape index (κ3) is 3.88. The van der Waals surface area contributed by atoms with E-state index in [2.05, 4.69) is 4.98 Å². The van der Waals surface area contributed by atoms with E-state index in [0.29, 0.717) is 0 Å². The van der Waals surface area contributed by atoms with Crippen molar-refractivity contribution in [1.29, 1.82) is 10.5 Å². The van der Waals surface area contributed by atoms with Crippen LogP contribution in [-0.2, 0) is 6.61 Å². The Morgan fingerprint density at radius 1 is 1.14 bits per heavy atom. The Labute approximate surface area is 174 Å². The molecule has 0 saturated heterocycles. The van der Waals surface area contributed by atoms with Gasteiger partial charge in [-0.3, -0.25) is 4.79 Å². The number of aromatic nitrogens is 1. The van der Waals surface area contributed by atoms with Crippen molar-refractivity contribution in [2.75, 3.05) is 5.73 Å².